The standard InChI is InChI=1S/C29H29BrN2O2/c1-20-8-9-23(29-32-28(19-34-29)22-10-12-25(30)13-11-22)17-26(20)31-27(24-14-15-33-18-24)16-21-6-4-2-3-5-7-21/h8-15,17-19,21H,2-7,16H2,1H3. The molecule has 1 saturated carbocycles. The van der Waals surface area contributed by atoms with E-state index in [9.17, 15) is 0 Å². The predicted octanol–water partition coefficient (Wildman–Crippen LogP) is 9.15. The zero-order chi connectivity index (χ0) is 23.3. The third kappa shape index (κ3) is 5.41. The van der Waals surface area contributed by atoms with Crippen molar-refractivity contribution in [3.05, 3.63) is 82.9 Å². The Morgan fingerprint density at radius 2 is 1.74 bits per heavy atom. The maximum atomic E-state index is 5.86. The Balaban J connectivity index is 1.45. The summed E-state index contributed by atoms with van der Waals surface area (Å²) in [7, 11) is 0. The van der Waals surface area contributed by atoms with Gasteiger partial charge in [0.1, 0.15) is 12.0 Å². The summed E-state index contributed by atoms with van der Waals surface area (Å²) in [6.45, 7) is 2.10. The molecule has 0 aliphatic heterocycles. The molecular weight excluding hydrogens is 488 g/mol. The molecule has 1 fully saturated rings. The number of aryl methyl sites for hydroxylation is 1. The van der Waals surface area contributed by atoms with Crippen LogP contribution in [0.2, 0.25) is 0 Å². The van der Waals surface area contributed by atoms with Gasteiger partial charge in [-0.15, -0.1) is 0 Å². The van der Waals surface area contributed by atoms with Gasteiger partial charge >= 0.3 is 0 Å². The Bertz CT molecular complexity index is 1250. The van der Waals surface area contributed by atoms with Crippen molar-refractivity contribution in [2.75, 3.05) is 0 Å². The molecule has 0 bridgehead atoms. The van der Waals surface area contributed by atoms with Crippen LogP contribution in [0.5, 0.6) is 0 Å². The molecule has 1 aliphatic carbocycles. The van der Waals surface area contributed by atoms with Gasteiger partial charge in [0.25, 0.3) is 0 Å². The molecule has 5 rings (SSSR count). The number of hydrogen-bond donors (Lipinski definition) is 0. The molecule has 0 unspecified atom stereocenters. The number of aliphatic imine (C=N–C) groups is 1. The van der Waals surface area contributed by atoms with E-state index >= 15 is 0 Å². The normalized spacial score (nSPS) is 15.4. The highest BCUT2D eigenvalue weighted by atomic mass is 79.9. The molecule has 0 amide bonds. The maximum absolute atomic E-state index is 5.86. The van der Waals surface area contributed by atoms with Crippen molar-refractivity contribution in [1.82, 2.24) is 4.98 Å². The first-order valence-corrected chi connectivity index (χ1v) is 12.9. The molecule has 174 valence electrons. The second kappa shape index (κ2) is 10.6. The van der Waals surface area contributed by atoms with Crippen molar-refractivity contribution >= 4 is 27.3 Å². The molecule has 1 aliphatic rings. The molecule has 2 heterocycles. The lowest BCUT2D eigenvalue weighted by molar-refractivity contribution is 0.477. The van der Waals surface area contributed by atoms with E-state index in [1.165, 1.54) is 38.5 Å². The predicted molar refractivity (Wildman–Crippen MR) is 141 cm³/mol. The van der Waals surface area contributed by atoms with Crippen LogP contribution in [0.1, 0.15) is 56.1 Å². The van der Waals surface area contributed by atoms with Crippen molar-refractivity contribution in [3.63, 3.8) is 0 Å². The molecule has 0 N–H and O–H groups in total. The number of oxazole rings is 1. The van der Waals surface area contributed by atoms with E-state index in [1.54, 1.807) is 12.5 Å². The maximum Gasteiger partial charge on any atom is 0.226 e. The van der Waals surface area contributed by atoms with Crippen LogP contribution < -0.4 is 0 Å². The summed E-state index contributed by atoms with van der Waals surface area (Å²) in [6.07, 6.45) is 14.2. The van der Waals surface area contributed by atoms with Crippen LogP contribution in [0.15, 0.2) is 85.6 Å². The lowest BCUT2D eigenvalue weighted by Crippen LogP contribution is -2.09. The molecule has 0 saturated heterocycles. The van der Waals surface area contributed by atoms with E-state index in [2.05, 4.69) is 35.0 Å². The van der Waals surface area contributed by atoms with Crippen molar-refractivity contribution in [2.45, 2.75) is 51.9 Å². The Morgan fingerprint density at radius 1 is 0.971 bits per heavy atom. The SMILES string of the molecule is Cc1ccc(-c2nc(-c3ccc(Br)cc3)co2)cc1N=C(CC1CCCCCC1)c1ccoc1. The Morgan fingerprint density at radius 3 is 2.47 bits per heavy atom. The largest absolute Gasteiger partial charge is 0.472 e. The van der Waals surface area contributed by atoms with Crippen LogP contribution in [0.25, 0.3) is 22.7 Å². The highest BCUT2D eigenvalue weighted by Gasteiger charge is 2.18. The van der Waals surface area contributed by atoms with Crippen molar-refractivity contribution < 1.29 is 8.83 Å². The van der Waals surface area contributed by atoms with Crippen LogP contribution in [0.3, 0.4) is 0 Å². The van der Waals surface area contributed by atoms with Crippen LogP contribution in [0, 0.1) is 12.8 Å². The fourth-order valence-corrected chi connectivity index (χ4v) is 4.93. The summed E-state index contributed by atoms with van der Waals surface area (Å²) in [4.78, 5) is 9.91. The lowest BCUT2D eigenvalue weighted by Gasteiger charge is -2.15. The Kier molecular flexibility index (Phi) is 7.10. The zero-order valence-corrected chi connectivity index (χ0v) is 21.1. The average Bonchev–Trinajstić information content (AvgIpc) is 3.50. The topological polar surface area (TPSA) is 51.5 Å². The fraction of sp³-hybridized carbons (Fsp3) is 0.310. The van der Waals surface area contributed by atoms with Gasteiger partial charge in [-0.05, 0) is 55.2 Å². The Labute approximate surface area is 209 Å². The minimum atomic E-state index is 0.600. The minimum absolute atomic E-state index is 0.600. The minimum Gasteiger partial charge on any atom is -0.472 e. The average molecular weight is 517 g/mol. The first kappa shape index (κ1) is 22.9. The molecule has 4 aromatic rings. The van der Waals surface area contributed by atoms with Crippen LogP contribution in [0.4, 0.5) is 5.69 Å². The van der Waals surface area contributed by atoms with Gasteiger partial charge in [0.2, 0.25) is 5.89 Å². The van der Waals surface area contributed by atoms with E-state index in [-0.39, 0.29) is 0 Å². The molecule has 2 aromatic heterocycles. The van der Waals surface area contributed by atoms with Gasteiger partial charge in [-0.2, -0.15) is 0 Å². The summed E-state index contributed by atoms with van der Waals surface area (Å²) in [5.41, 5.74) is 7.02. The summed E-state index contributed by atoms with van der Waals surface area (Å²) in [5.74, 6) is 1.28. The number of aromatic nitrogens is 1. The number of hydrogen-bond acceptors (Lipinski definition) is 4. The second-order valence-corrected chi connectivity index (χ2v) is 10.1. The number of rotatable bonds is 6. The molecular formula is C29H29BrN2O2. The molecule has 0 spiro atoms. The Hall–Kier alpha value is -2.92. The monoisotopic (exact) mass is 516 g/mol. The van der Waals surface area contributed by atoms with Gasteiger partial charge in [0.15, 0.2) is 0 Å². The second-order valence-electron chi connectivity index (χ2n) is 9.18. The van der Waals surface area contributed by atoms with Crippen LogP contribution >= 0.6 is 15.9 Å². The quantitative estimate of drug-likeness (QED) is 0.189. The summed E-state index contributed by atoms with van der Waals surface area (Å²) in [6, 6.07) is 16.3. The van der Waals surface area contributed by atoms with E-state index in [4.69, 9.17) is 18.8 Å². The van der Waals surface area contributed by atoms with Gasteiger partial charge < -0.3 is 8.83 Å². The first-order chi connectivity index (χ1) is 16.7. The highest BCUT2D eigenvalue weighted by molar-refractivity contribution is 9.10. The molecule has 4 nitrogen and oxygen atoms in total. The zero-order valence-electron chi connectivity index (χ0n) is 19.5. The number of nitrogens with zero attached hydrogens (tertiary/aromatic N) is 2. The fourth-order valence-electron chi connectivity index (χ4n) is 4.67. The molecule has 0 radical (unpaired) electrons. The molecule has 0 atom stereocenters. The van der Waals surface area contributed by atoms with Gasteiger partial charge in [-0.25, -0.2) is 4.98 Å². The smallest absolute Gasteiger partial charge is 0.226 e. The van der Waals surface area contributed by atoms with E-state index in [0.717, 1.165) is 50.2 Å². The van der Waals surface area contributed by atoms with Gasteiger partial charge in [-0.1, -0.05) is 72.7 Å². The van der Waals surface area contributed by atoms with E-state index < -0.39 is 0 Å². The van der Waals surface area contributed by atoms with E-state index in [0.29, 0.717) is 11.8 Å². The van der Waals surface area contributed by atoms with E-state index in [1.807, 2.05) is 42.7 Å². The summed E-state index contributed by atoms with van der Waals surface area (Å²) in [5, 5.41) is 0. The molecule has 34 heavy (non-hydrogen) atoms. The third-order valence-corrected chi connectivity index (χ3v) is 7.20. The molecule has 2 aromatic carbocycles. The van der Waals surface area contributed by atoms with Gasteiger partial charge in [0.05, 0.1) is 23.9 Å². The van der Waals surface area contributed by atoms with Crippen molar-refractivity contribution in [1.29, 1.82) is 0 Å². The first-order valence-electron chi connectivity index (χ1n) is 12.1. The highest BCUT2D eigenvalue weighted by Crippen LogP contribution is 2.32. The number of halogens is 1. The van der Waals surface area contributed by atoms with Crippen LogP contribution in [-0.2, 0) is 0 Å². The lowest BCUT2D eigenvalue weighted by atomic mass is 9.92. The van der Waals surface area contributed by atoms with Crippen molar-refractivity contribution in [3.8, 4) is 22.7 Å². The molecule has 5 heteroatoms. The summed E-state index contributed by atoms with van der Waals surface area (Å²) >= 11 is 3.48. The van der Waals surface area contributed by atoms with Crippen LogP contribution in [-0.4, -0.2) is 10.7 Å². The number of furan rings is 1. The van der Waals surface area contributed by atoms with Gasteiger partial charge in [0, 0.05) is 21.2 Å². The number of benzene rings is 2. The summed E-state index contributed by atoms with van der Waals surface area (Å²) < 4.78 is 12.3. The van der Waals surface area contributed by atoms with Crippen molar-refractivity contribution in [2.24, 2.45) is 10.9 Å². The van der Waals surface area contributed by atoms with Gasteiger partial charge in [-0.3, -0.25) is 4.99 Å². The third-order valence-electron chi connectivity index (χ3n) is 6.67.